The topological polar surface area (TPSA) is 29.3 Å². The van der Waals surface area contributed by atoms with Crippen LogP contribution in [0.5, 0.6) is 0 Å². The molecule has 0 bridgehead atoms. The third-order valence-corrected chi connectivity index (χ3v) is 3.99. The Balaban J connectivity index is 1.83. The molecule has 1 aromatic carbocycles. The van der Waals surface area contributed by atoms with Gasteiger partial charge in [0.1, 0.15) is 0 Å². The van der Waals surface area contributed by atoms with Crippen molar-refractivity contribution in [2.75, 3.05) is 25.4 Å². The third kappa shape index (κ3) is 3.74. The average molecular weight is 246 g/mol. The molecule has 1 aromatic rings. The van der Waals surface area contributed by atoms with Crippen LogP contribution < -0.4 is 5.73 Å². The molecule has 2 N–H and O–H groups in total. The number of benzene rings is 1. The van der Waals surface area contributed by atoms with Crippen molar-refractivity contribution in [2.45, 2.75) is 39.0 Å². The molecule has 0 radical (unpaired) electrons. The Morgan fingerprint density at radius 3 is 2.61 bits per heavy atom. The van der Waals surface area contributed by atoms with Crippen molar-refractivity contribution in [3.05, 3.63) is 29.8 Å². The van der Waals surface area contributed by atoms with Crippen molar-refractivity contribution < 1.29 is 0 Å². The lowest BCUT2D eigenvalue weighted by atomic mass is 9.89. The Morgan fingerprint density at radius 1 is 1.28 bits per heavy atom. The lowest BCUT2D eigenvalue weighted by Crippen LogP contribution is -2.34. The predicted octanol–water partition coefficient (Wildman–Crippen LogP) is 3.49. The van der Waals surface area contributed by atoms with Crippen molar-refractivity contribution >= 4 is 5.69 Å². The number of rotatable bonds is 4. The normalized spacial score (nSPS) is 18.4. The van der Waals surface area contributed by atoms with Gasteiger partial charge in [-0.3, -0.25) is 0 Å². The molecule has 0 unspecified atom stereocenters. The molecule has 1 aliphatic heterocycles. The Hall–Kier alpha value is -1.02. The van der Waals surface area contributed by atoms with Crippen molar-refractivity contribution in [2.24, 2.45) is 5.92 Å². The SMILES string of the molecule is CC(C)CCN1CCC(c2cccc(N)c2)CC1. The van der Waals surface area contributed by atoms with E-state index in [-0.39, 0.29) is 0 Å². The van der Waals surface area contributed by atoms with Crippen LogP contribution in [-0.2, 0) is 0 Å². The highest BCUT2D eigenvalue weighted by Crippen LogP contribution is 2.29. The fraction of sp³-hybridized carbons (Fsp3) is 0.625. The number of anilines is 1. The van der Waals surface area contributed by atoms with Gasteiger partial charge in [-0.1, -0.05) is 26.0 Å². The molecule has 18 heavy (non-hydrogen) atoms. The van der Waals surface area contributed by atoms with Crippen LogP contribution in [0.1, 0.15) is 44.6 Å². The number of nitrogens with two attached hydrogens (primary N) is 1. The van der Waals surface area contributed by atoms with Gasteiger partial charge in [-0.15, -0.1) is 0 Å². The molecule has 0 saturated carbocycles. The summed E-state index contributed by atoms with van der Waals surface area (Å²) in [6.07, 6.45) is 3.88. The highest BCUT2D eigenvalue weighted by molar-refractivity contribution is 5.41. The average Bonchev–Trinajstić information content (AvgIpc) is 2.37. The second kappa shape index (κ2) is 6.24. The number of piperidine rings is 1. The van der Waals surface area contributed by atoms with Crippen LogP contribution in [-0.4, -0.2) is 24.5 Å². The van der Waals surface area contributed by atoms with E-state index in [1.807, 2.05) is 6.07 Å². The zero-order chi connectivity index (χ0) is 13.0. The first-order valence-corrected chi connectivity index (χ1v) is 7.23. The summed E-state index contributed by atoms with van der Waals surface area (Å²) in [4.78, 5) is 2.61. The summed E-state index contributed by atoms with van der Waals surface area (Å²) in [5.41, 5.74) is 8.19. The monoisotopic (exact) mass is 246 g/mol. The molecule has 100 valence electrons. The van der Waals surface area contributed by atoms with E-state index < -0.39 is 0 Å². The first-order chi connectivity index (χ1) is 8.65. The van der Waals surface area contributed by atoms with Crippen LogP contribution in [0.15, 0.2) is 24.3 Å². The minimum Gasteiger partial charge on any atom is -0.399 e. The van der Waals surface area contributed by atoms with Gasteiger partial charge in [0, 0.05) is 5.69 Å². The Labute approximate surface area is 111 Å². The number of hydrogen-bond acceptors (Lipinski definition) is 2. The summed E-state index contributed by atoms with van der Waals surface area (Å²) < 4.78 is 0. The summed E-state index contributed by atoms with van der Waals surface area (Å²) >= 11 is 0. The lowest BCUT2D eigenvalue weighted by molar-refractivity contribution is 0.202. The molecule has 1 saturated heterocycles. The van der Waals surface area contributed by atoms with E-state index in [9.17, 15) is 0 Å². The first-order valence-electron chi connectivity index (χ1n) is 7.23. The molecule has 1 aliphatic rings. The molecule has 0 amide bonds. The van der Waals surface area contributed by atoms with Crippen molar-refractivity contribution in [1.82, 2.24) is 4.90 Å². The molecule has 0 spiro atoms. The van der Waals surface area contributed by atoms with Gasteiger partial charge in [-0.2, -0.15) is 0 Å². The summed E-state index contributed by atoms with van der Waals surface area (Å²) in [5, 5.41) is 0. The lowest BCUT2D eigenvalue weighted by Gasteiger charge is -2.32. The van der Waals surface area contributed by atoms with E-state index in [4.69, 9.17) is 5.73 Å². The van der Waals surface area contributed by atoms with Crippen molar-refractivity contribution in [1.29, 1.82) is 0 Å². The first kappa shape index (κ1) is 13.4. The minimum atomic E-state index is 0.712. The minimum absolute atomic E-state index is 0.712. The van der Waals surface area contributed by atoms with Gasteiger partial charge < -0.3 is 10.6 Å². The molecule has 1 fully saturated rings. The van der Waals surface area contributed by atoms with E-state index in [0.29, 0.717) is 5.92 Å². The molecule has 1 heterocycles. The zero-order valence-electron chi connectivity index (χ0n) is 11.7. The predicted molar refractivity (Wildman–Crippen MR) is 78.7 cm³/mol. The van der Waals surface area contributed by atoms with Crippen molar-refractivity contribution in [3.63, 3.8) is 0 Å². The van der Waals surface area contributed by atoms with E-state index in [0.717, 1.165) is 11.6 Å². The van der Waals surface area contributed by atoms with Crippen LogP contribution in [0.2, 0.25) is 0 Å². The Bertz CT molecular complexity index is 365. The van der Waals surface area contributed by atoms with Gasteiger partial charge in [0.05, 0.1) is 0 Å². The van der Waals surface area contributed by atoms with Gasteiger partial charge >= 0.3 is 0 Å². The molecule has 0 aromatic heterocycles. The van der Waals surface area contributed by atoms with Crippen LogP contribution in [0, 0.1) is 5.92 Å². The summed E-state index contributed by atoms with van der Waals surface area (Å²) in [5.74, 6) is 1.53. The number of likely N-dealkylation sites (tertiary alicyclic amines) is 1. The second-order valence-electron chi connectivity index (χ2n) is 5.97. The summed E-state index contributed by atoms with van der Waals surface area (Å²) in [7, 11) is 0. The molecule has 2 nitrogen and oxygen atoms in total. The highest BCUT2D eigenvalue weighted by Gasteiger charge is 2.20. The molecular formula is C16H26N2. The summed E-state index contributed by atoms with van der Waals surface area (Å²) in [6.45, 7) is 8.36. The Kier molecular flexibility index (Phi) is 4.65. The number of hydrogen-bond donors (Lipinski definition) is 1. The molecule has 0 aliphatic carbocycles. The maximum absolute atomic E-state index is 5.86. The van der Waals surface area contributed by atoms with Crippen molar-refractivity contribution in [3.8, 4) is 0 Å². The maximum atomic E-state index is 5.86. The molecular weight excluding hydrogens is 220 g/mol. The third-order valence-electron chi connectivity index (χ3n) is 3.99. The zero-order valence-corrected chi connectivity index (χ0v) is 11.7. The van der Waals surface area contributed by atoms with Gasteiger partial charge in [0.15, 0.2) is 0 Å². The van der Waals surface area contributed by atoms with Crippen LogP contribution in [0.3, 0.4) is 0 Å². The Morgan fingerprint density at radius 2 is 2.00 bits per heavy atom. The highest BCUT2D eigenvalue weighted by atomic mass is 15.1. The maximum Gasteiger partial charge on any atom is 0.0316 e. The quantitative estimate of drug-likeness (QED) is 0.824. The summed E-state index contributed by atoms with van der Waals surface area (Å²) in [6, 6.07) is 8.43. The second-order valence-corrected chi connectivity index (χ2v) is 5.97. The fourth-order valence-electron chi connectivity index (χ4n) is 2.74. The van der Waals surface area contributed by atoms with E-state index in [1.165, 1.54) is 44.5 Å². The van der Waals surface area contributed by atoms with E-state index in [2.05, 4.69) is 36.9 Å². The van der Waals surface area contributed by atoms with Gasteiger partial charge in [0.2, 0.25) is 0 Å². The number of nitrogen functional groups attached to an aromatic ring is 1. The van der Waals surface area contributed by atoms with Crippen LogP contribution in [0.25, 0.3) is 0 Å². The standard InChI is InChI=1S/C16H26N2/c1-13(2)6-9-18-10-7-14(8-11-18)15-4-3-5-16(17)12-15/h3-5,12-14H,6-11,17H2,1-2H3. The molecule has 0 atom stereocenters. The smallest absolute Gasteiger partial charge is 0.0316 e. The van der Waals surface area contributed by atoms with Crippen LogP contribution in [0.4, 0.5) is 5.69 Å². The fourth-order valence-corrected chi connectivity index (χ4v) is 2.74. The molecule has 2 heteroatoms. The number of nitrogens with zero attached hydrogens (tertiary/aromatic N) is 1. The van der Waals surface area contributed by atoms with E-state index >= 15 is 0 Å². The van der Waals surface area contributed by atoms with Gasteiger partial charge in [-0.25, -0.2) is 0 Å². The molecule has 2 rings (SSSR count). The van der Waals surface area contributed by atoms with Gasteiger partial charge in [0.25, 0.3) is 0 Å². The van der Waals surface area contributed by atoms with Gasteiger partial charge in [-0.05, 0) is 68.4 Å². The largest absolute Gasteiger partial charge is 0.399 e. The van der Waals surface area contributed by atoms with E-state index in [1.54, 1.807) is 0 Å². The van der Waals surface area contributed by atoms with Crippen LogP contribution >= 0.6 is 0 Å².